The molecule has 0 aliphatic rings. The maximum atomic E-state index is 13.3. The first-order valence-electron chi connectivity index (χ1n) is 7.88. The molecule has 0 saturated heterocycles. The summed E-state index contributed by atoms with van der Waals surface area (Å²) < 4.78 is 38.4. The maximum absolute atomic E-state index is 13.3. The van der Waals surface area contributed by atoms with Gasteiger partial charge in [-0.05, 0) is 55.3 Å². The van der Waals surface area contributed by atoms with E-state index in [0.29, 0.717) is 5.69 Å². The fraction of sp³-hybridized carbons (Fsp3) is 0.278. The summed E-state index contributed by atoms with van der Waals surface area (Å²) in [4.78, 5) is 12.2. The summed E-state index contributed by atoms with van der Waals surface area (Å²) in [6.07, 6.45) is 0.959. The second kappa shape index (κ2) is 8.05. The van der Waals surface area contributed by atoms with Crippen LogP contribution in [0.4, 0.5) is 15.8 Å². The molecule has 8 heteroatoms. The molecule has 0 unspecified atom stereocenters. The van der Waals surface area contributed by atoms with Gasteiger partial charge in [0.25, 0.3) is 0 Å². The molecule has 1 amide bonds. The molecule has 0 spiro atoms. The van der Waals surface area contributed by atoms with Crippen LogP contribution in [0.2, 0.25) is 5.02 Å². The van der Waals surface area contributed by atoms with Crippen LogP contribution in [0.5, 0.6) is 0 Å². The van der Waals surface area contributed by atoms with Crippen molar-refractivity contribution in [1.29, 1.82) is 0 Å². The van der Waals surface area contributed by atoms with Gasteiger partial charge in [0.2, 0.25) is 15.9 Å². The molecule has 0 heterocycles. The third kappa shape index (κ3) is 5.19. The van der Waals surface area contributed by atoms with E-state index in [2.05, 4.69) is 5.32 Å². The molecule has 2 aromatic carbocycles. The predicted molar refractivity (Wildman–Crippen MR) is 103 cm³/mol. The highest BCUT2D eigenvalue weighted by Gasteiger charge is 2.19. The van der Waals surface area contributed by atoms with Gasteiger partial charge in [0.1, 0.15) is 5.82 Å². The van der Waals surface area contributed by atoms with E-state index in [4.69, 9.17) is 11.6 Å². The molecular weight excluding hydrogens is 379 g/mol. The summed E-state index contributed by atoms with van der Waals surface area (Å²) >= 11 is 5.73. The van der Waals surface area contributed by atoms with E-state index in [0.717, 1.165) is 27.8 Å². The Balaban J connectivity index is 2.10. The highest BCUT2D eigenvalue weighted by atomic mass is 35.5. The second-order valence-electron chi connectivity index (χ2n) is 6.03. The third-order valence-electron chi connectivity index (χ3n) is 3.92. The lowest BCUT2D eigenvalue weighted by atomic mass is 10.1. The van der Waals surface area contributed by atoms with Gasteiger partial charge in [-0.2, -0.15) is 0 Å². The van der Waals surface area contributed by atoms with Crippen molar-refractivity contribution >= 4 is 38.9 Å². The van der Waals surface area contributed by atoms with Gasteiger partial charge < -0.3 is 5.32 Å². The summed E-state index contributed by atoms with van der Waals surface area (Å²) in [7, 11) is -3.66. The first-order valence-corrected chi connectivity index (χ1v) is 10.1. The minimum atomic E-state index is -3.66. The van der Waals surface area contributed by atoms with Gasteiger partial charge in [-0.3, -0.25) is 9.10 Å². The van der Waals surface area contributed by atoms with Crippen LogP contribution in [0, 0.1) is 19.7 Å². The average Bonchev–Trinajstić information content (AvgIpc) is 2.53. The largest absolute Gasteiger partial charge is 0.326 e. The van der Waals surface area contributed by atoms with Gasteiger partial charge in [-0.15, -0.1) is 0 Å². The van der Waals surface area contributed by atoms with Gasteiger partial charge >= 0.3 is 0 Å². The van der Waals surface area contributed by atoms with E-state index in [1.165, 1.54) is 12.1 Å². The van der Waals surface area contributed by atoms with E-state index in [-0.39, 0.29) is 29.6 Å². The zero-order valence-electron chi connectivity index (χ0n) is 14.7. The number of nitrogens with one attached hydrogen (secondary N) is 1. The number of carbonyl (C=O) groups is 1. The zero-order chi connectivity index (χ0) is 19.5. The number of hydrogen-bond donors (Lipinski definition) is 1. The van der Waals surface area contributed by atoms with Crippen molar-refractivity contribution in [1.82, 2.24) is 0 Å². The molecule has 0 radical (unpaired) electrons. The lowest BCUT2D eigenvalue weighted by Gasteiger charge is -2.22. The van der Waals surface area contributed by atoms with Gasteiger partial charge in [-0.25, -0.2) is 12.8 Å². The molecule has 26 heavy (non-hydrogen) atoms. The maximum Gasteiger partial charge on any atom is 0.232 e. The number of sulfonamides is 1. The van der Waals surface area contributed by atoms with Crippen molar-refractivity contribution in [3.63, 3.8) is 0 Å². The highest BCUT2D eigenvalue weighted by molar-refractivity contribution is 7.92. The smallest absolute Gasteiger partial charge is 0.232 e. The molecule has 0 aliphatic heterocycles. The van der Waals surface area contributed by atoms with Crippen LogP contribution in [-0.2, 0) is 14.8 Å². The van der Waals surface area contributed by atoms with Crippen molar-refractivity contribution in [3.8, 4) is 0 Å². The number of benzene rings is 2. The molecular formula is C18H20ClFN2O3S. The van der Waals surface area contributed by atoms with Crippen LogP contribution in [0.3, 0.4) is 0 Å². The number of rotatable bonds is 6. The van der Waals surface area contributed by atoms with Crippen molar-refractivity contribution in [2.24, 2.45) is 0 Å². The van der Waals surface area contributed by atoms with E-state index < -0.39 is 15.8 Å². The van der Waals surface area contributed by atoms with Crippen molar-refractivity contribution in [3.05, 3.63) is 58.4 Å². The number of anilines is 2. The Morgan fingerprint density at radius 1 is 1.15 bits per heavy atom. The summed E-state index contributed by atoms with van der Waals surface area (Å²) in [5.41, 5.74) is 3.01. The summed E-state index contributed by atoms with van der Waals surface area (Å²) in [5, 5.41) is 2.56. The van der Waals surface area contributed by atoms with Crippen molar-refractivity contribution in [2.75, 3.05) is 22.4 Å². The SMILES string of the molecule is Cc1ccc(NC(=O)CCN(c2ccc(F)c(Cl)c2)S(C)(=O)=O)cc1C. The fourth-order valence-corrected chi connectivity index (χ4v) is 3.47. The van der Waals surface area contributed by atoms with Crippen molar-refractivity contribution < 1.29 is 17.6 Å². The van der Waals surface area contributed by atoms with Crippen LogP contribution < -0.4 is 9.62 Å². The average molecular weight is 399 g/mol. The molecule has 0 bridgehead atoms. The third-order valence-corrected chi connectivity index (χ3v) is 5.41. The first kappa shape index (κ1) is 20.2. The fourth-order valence-electron chi connectivity index (χ4n) is 2.37. The molecule has 0 saturated carbocycles. The standard InChI is InChI=1S/C18H20ClFN2O3S/c1-12-4-5-14(10-13(12)2)21-18(23)8-9-22(26(3,24)25)15-6-7-17(20)16(19)11-15/h4-7,10-11H,8-9H2,1-3H3,(H,21,23). The summed E-state index contributed by atoms with van der Waals surface area (Å²) in [5.74, 6) is -0.966. The van der Waals surface area contributed by atoms with Crippen LogP contribution in [0.15, 0.2) is 36.4 Å². The number of halogens is 2. The Labute approximate surface area is 157 Å². The number of nitrogens with zero attached hydrogens (tertiary/aromatic N) is 1. The molecule has 0 fully saturated rings. The Morgan fingerprint density at radius 2 is 1.85 bits per heavy atom. The second-order valence-corrected chi connectivity index (χ2v) is 8.34. The molecule has 0 atom stereocenters. The number of carbonyl (C=O) groups excluding carboxylic acids is 1. The monoisotopic (exact) mass is 398 g/mol. The van der Waals surface area contributed by atoms with Crippen LogP contribution in [0.1, 0.15) is 17.5 Å². The highest BCUT2D eigenvalue weighted by Crippen LogP contribution is 2.24. The lowest BCUT2D eigenvalue weighted by Crippen LogP contribution is -2.33. The normalized spacial score (nSPS) is 11.3. The number of hydrogen-bond acceptors (Lipinski definition) is 3. The number of amides is 1. The van der Waals surface area contributed by atoms with E-state index in [1.54, 1.807) is 6.07 Å². The Bertz CT molecular complexity index is 932. The molecule has 1 N–H and O–H groups in total. The molecule has 140 valence electrons. The number of aryl methyl sites for hydroxylation is 2. The van der Waals surface area contributed by atoms with Gasteiger partial charge in [0, 0.05) is 18.7 Å². The minimum Gasteiger partial charge on any atom is -0.326 e. The molecule has 0 aliphatic carbocycles. The zero-order valence-corrected chi connectivity index (χ0v) is 16.3. The molecule has 5 nitrogen and oxygen atoms in total. The van der Waals surface area contributed by atoms with Crippen molar-refractivity contribution in [2.45, 2.75) is 20.3 Å². The van der Waals surface area contributed by atoms with Crippen LogP contribution in [0.25, 0.3) is 0 Å². The summed E-state index contributed by atoms with van der Waals surface area (Å²) in [6.45, 7) is 3.82. The molecule has 0 aromatic heterocycles. The minimum absolute atomic E-state index is 0.0605. The Hall–Kier alpha value is -2.12. The van der Waals surface area contributed by atoms with Gasteiger partial charge in [0.05, 0.1) is 17.0 Å². The van der Waals surface area contributed by atoms with Crippen LogP contribution in [-0.4, -0.2) is 27.1 Å². The Kier molecular flexibility index (Phi) is 6.26. The predicted octanol–water partition coefficient (Wildman–Crippen LogP) is 3.89. The lowest BCUT2D eigenvalue weighted by molar-refractivity contribution is -0.116. The molecule has 2 aromatic rings. The first-order chi connectivity index (χ1) is 12.1. The molecule has 2 rings (SSSR count). The topological polar surface area (TPSA) is 66.5 Å². The quantitative estimate of drug-likeness (QED) is 0.802. The van der Waals surface area contributed by atoms with E-state index >= 15 is 0 Å². The summed E-state index contributed by atoms with van der Waals surface area (Å²) in [6, 6.07) is 9.15. The van der Waals surface area contributed by atoms with Crippen LogP contribution >= 0.6 is 11.6 Å². The Morgan fingerprint density at radius 3 is 2.42 bits per heavy atom. The van der Waals surface area contributed by atoms with Gasteiger partial charge in [-0.1, -0.05) is 17.7 Å². The van der Waals surface area contributed by atoms with Gasteiger partial charge in [0.15, 0.2) is 0 Å². The van der Waals surface area contributed by atoms with E-state index in [9.17, 15) is 17.6 Å². The van der Waals surface area contributed by atoms with E-state index in [1.807, 2.05) is 26.0 Å².